The molecule has 168 valence electrons. The number of phosphoric acid groups is 4. The second kappa shape index (κ2) is 8.85. The third-order valence-corrected chi connectivity index (χ3v) is 5.10. The van der Waals surface area contributed by atoms with Crippen molar-refractivity contribution in [2.75, 3.05) is 0 Å². The van der Waals surface area contributed by atoms with Crippen LogP contribution in [-0.4, -0.2) is 86.0 Å². The fourth-order valence-corrected chi connectivity index (χ4v) is 4.52. The van der Waals surface area contributed by atoms with Crippen LogP contribution in [0.2, 0.25) is 0 Å². The van der Waals surface area contributed by atoms with Gasteiger partial charge in [0.15, 0.2) is 0 Å². The summed E-state index contributed by atoms with van der Waals surface area (Å²) in [7, 11) is -22.4. The molecule has 0 aromatic rings. The van der Waals surface area contributed by atoms with Crippen LogP contribution in [0.1, 0.15) is 0 Å². The van der Waals surface area contributed by atoms with Crippen molar-refractivity contribution in [2.24, 2.45) is 0 Å². The topological polar surface area (TPSA) is 308 Å². The number of hydrogen-bond donors (Lipinski definition) is 10. The molecule has 6 atom stereocenters. The molecule has 10 N–H and O–H groups in total. The first kappa shape index (κ1) is 26.4. The summed E-state index contributed by atoms with van der Waals surface area (Å²) in [6.45, 7) is 0. The minimum atomic E-state index is -5.64. The molecule has 1 rings (SSSR count). The molecule has 0 saturated heterocycles. The van der Waals surface area contributed by atoms with Gasteiger partial charge in [0.2, 0.25) is 0 Å². The highest BCUT2D eigenvalue weighted by Crippen LogP contribution is 2.52. The number of rotatable bonds is 8. The van der Waals surface area contributed by atoms with Crippen LogP contribution in [0.25, 0.3) is 0 Å². The third kappa shape index (κ3) is 8.62. The Morgan fingerprint density at radius 3 is 0.893 bits per heavy atom. The third-order valence-electron chi connectivity index (χ3n) is 3.03. The summed E-state index contributed by atoms with van der Waals surface area (Å²) in [6, 6.07) is 0. The van der Waals surface area contributed by atoms with Crippen molar-refractivity contribution in [1.29, 1.82) is 0 Å². The van der Waals surface area contributed by atoms with E-state index >= 15 is 0 Å². The van der Waals surface area contributed by atoms with E-state index < -0.39 is 67.9 Å². The van der Waals surface area contributed by atoms with E-state index in [-0.39, 0.29) is 0 Å². The second-order valence-electron chi connectivity index (χ2n) is 5.22. The van der Waals surface area contributed by atoms with E-state index in [0.29, 0.717) is 0 Å². The van der Waals surface area contributed by atoms with E-state index in [1.165, 1.54) is 0 Å². The highest BCUT2D eigenvalue weighted by Gasteiger charge is 2.58. The summed E-state index contributed by atoms with van der Waals surface area (Å²) < 4.78 is 60.5. The molecule has 0 heterocycles. The molecule has 1 fully saturated rings. The van der Waals surface area contributed by atoms with Gasteiger partial charge < -0.3 is 49.4 Å². The minimum absolute atomic E-state index is 2.56. The van der Waals surface area contributed by atoms with Gasteiger partial charge in [-0.1, -0.05) is 0 Å². The summed E-state index contributed by atoms with van der Waals surface area (Å²) in [6.07, 6.45) is -15.9. The van der Waals surface area contributed by atoms with Crippen molar-refractivity contribution < 1.29 is 85.7 Å². The van der Waals surface area contributed by atoms with Crippen molar-refractivity contribution in [2.45, 2.75) is 36.6 Å². The smallest absolute Gasteiger partial charge is 0.387 e. The predicted molar refractivity (Wildman–Crippen MR) is 79.7 cm³/mol. The maximum Gasteiger partial charge on any atom is 0.470 e. The van der Waals surface area contributed by atoms with E-state index in [1.54, 1.807) is 0 Å². The molecule has 22 heteroatoms. The predicted octanol–water partition coefficient (Wildman–Crippen LogP) is -3.37. The summed E-state index contributed by atoms with van der Waals surface area (Å²) in [5.74, 6) is 0. The quantitative estimate of drug-likeness (QED) is 0.145. The van der Waals surface area contributed by atoms with Crippen LogP contribution in [0.4, 0.5) is 0 Å². The van der Waals surface area contributed by atoms with E-state index in [0.717, 1.165) is 0 Å². The summed E-state index contributed by atoms with van der Waals surface area (Å²) >= 11 is 0. The van der Waals surface area contributed by atoms with Gasteiger partial charge in [0.1, 0.15) is 36.6 Å². The number of aliphatic hydroxyl groups excluding tert-OH is 2. The zero-order chi connectivity index (χ0) is 22.3. The molecule has 0 aromatic heterocycles. The SMILES string of the molecule is O=P(O)(O)O[C@H]1[C@@H](O)[C@@H](OP(=O)(O)O)[C@H](OP(=O)(O)O)[C@@H](OP(=O)(O)O)[C@@H]1O. The second-order valence-corrected chi connectivity index (χ2v) is 9.99. The van der Waals surface area contributed by atoms with Gasteiger partial charge in [-0.15, -0.1) is 0 Å². The highest BCUT2D eigenvalue weighted by atomic mass is 31.2. The molecule has 1 aliphatic rings. The Hall–Kier alpha value is 0.360. The van der Waals surface area contributed by atoms with Gasteiger partial charge in [-0.3, -0.25) is 18.1 Å². The molecular formula is C6H16O18P4. The Morgan fingerprint density at radius 1 is 0.429 bits per heavy atom. The van der Waals surface area contributed by atoms with Crippen LogP contribution >= 0.6 is 31.3 Å². The average molecular weight is 500 g/mol. The number of aliphatic hydroxyl groups is 2. The van der Waals surface area contributed by atoms with Gasteiger partial charge in [-0.05, 0) is 0 Å². The molecule has 0 spiro atoms. The van der Waals surface area contributed by atoms with Crippen molar-refractivity contribution >= 4 is 31.3 Å². The Morgan fingerprint density at radius 2 is 0.643 bits per heavy atom. The summed E-state index contributed by atoms with van der Waals surface area (Å²) in [5.41, 5.74) is 0. The first-order chi connectivity index (χ1) is 12.2. The summed E-state index contributed by atoms with van der Waals surface area (Å²) in [5, 5.41) is 20.1. The van der Waals surface area contributed by atoms with Crippen molar-refractivity contribution in [3.05, 3.63) is 0 Å². The van der Waals surface area contributed by atoms with Crippen LogP contribution in [0.15, 0.2) is 0 Å². The lowest BCUT2D eigenvalue weighted by atomic mass is 9.85. The fourth-order valence-electron chi connectivity index (χ4n) is 2.28. The van der Waals surface area contributed by atoms with Crippen molar-refractivity contribution in [1.82, 2.24) is 0 Å². The molecule has 1 aliphatic carbocycles. The van der Waals surface area contributed by atoms with E-state index in [9.17, 15) is 28.5 Å². The monoisotopic (exact) mass is 500 g/mol. The Balaban J connectivity index is 3.50. The molecule has 0 aromatic carbocycles. The van der Waals surface area contributed by atoms with Gasteiger partial charge in [0.25, 0.3) is 0 Å². The molecule has 0 radical (unpaired) electrons. The normalized spacial score (nSPS) is 33.1. The number of hydrogen-bond acceptors (Lipinski definition) is 10. The molecule has 18 nitrogen and oxygen atoms in total. The van der Waals surface area contributed by atoms with Gasteiger partial charge in [-0.2, -0.15) is 0 Å². The van der Waals surface area contributed by atoms with Gasteiger partial charge >= 0.3 is 31.3 Å². The number of phosphoric ester groups is 4. The standard InChI is InChI=1S/C6H16O18P4/c7-1-3(21-25(9,10)11)2(8)5(23-27(15,16)17)6(24-28(18,19)20)4(1)22-26(12,13)14/h1-8H,(H2,9,10,11)(H2,12,13,14)(H2,15,16,17)(H2,18,19,20)/t1-,2-,3-,4+,5-,6-/m1/s1. The molecule has 28 heavy (non-hydrogen) atoms. The van der Waals surface area contributed by atoms with Crippen molar-refractivity contribution in [3.8, 4) is 0 Å². The van der Waals surface area contributed by atoms with Crippen LogP contribution in [-0.2, 0) is 36.4 Å². The Kier molecular flexibility index (Phi) is 8.34. The zero-order valence-corrected chi connectivity index (χ0v) is 16.6. The maximum absolute atomic E-state index is 11.1. The highest BCUT2D eigenvalue weighted by molar-refractivity contribution is 7.47. The molecule has 1 saturated carbocycles. The molecule has 0 aliphatic heterocycles. The molecule has 0 amide bonds. The largest absolute Gasteiger partial charge is 0.470 e. The lowest BCUT2D eigenvalue weighted by Gasteiger charge is -2.45. The van der Waals surface area contributed by atoms with Gasteiger partial charge in [0, 0.05) is 0 Å². The first-order valence-electron chi connectivity index (χ1n) is 6.52. The molecule has 0 bridgehead atoms. The van der Waals surface area contributed by atoms with Crippen LogP contribution < -0.4 is 0 Å². The van der Waals surface area contributed by atoms with Gasteiger partial charge in [0.05, 0.1) is 0 Å². The minimum Gasteiger partial charge on any atom is -0.387 e. The van der Waals surface area contributed by atoms with Crippen molar-refractivity contribution in [3.63, 3.8) is 0 Å². The van der Waals surface area contributed by atoms with Gasteiger partial charge in [-0.25, -0.2) is 18.3 Å². The molecule has 0 unspecified atom stereocenters. The first-order valence-corrected chi connectivity index (χ1v) is 12.6. The van der Waals surface area contributed by atoms with E-state index in [2.05, 4.69) is 18.1 Å². The van der Waals surface area contributed by atoms with E-state index in [1.807, 2.05) is 0 Å². The van der Waals surface area contributed by atoms with E-state index in [4.69, 9.17) is 39.1 Å². The lowest BCUT2D eigenvalue weighted by molar-refractivity contribution is -0.208. The zero-order valence-electron chi connectivity index (χ0n) is 13.0. The average Bonchev–Trinajstić information content (AvgIpc) is 2.39. The van der Waals surface area contributed by atoms with Crippen LogP contribution in [0, 0.1) is 0 Å². The fraction of sp³-hybridized carbons (Fsp3) is 1.00. The van der Waals surface area contributed by atoms with Crippen LogP contribution in [0.5, 0.6) is 0 Å². The van der Waals surface area contributed by atoms with Crippen LogP contribution in [0.3, 0.4) is 0 Å². The Labute approximate surface area is 154 Å². The summed E-state index contributed by atoms with van der Waals surface area (Å²) in [4.78, 5) is 71.0. The molecular weight excluding hydrogens is 484 g/mol. The Bertz CT molecular complexity index is 688. The lowest BCUT2D eigenvalue weighted by Crippen LogP contribution is -2.65. The maximum atomic E-state index is 11.1.